The molecule has 2 aromatic rings. The Morgan fingerprint density at radius 2 is 2.00 bits per heavy atom. The van der Waals surface area contributed by atoms with E-state index in [4.69, 9.17) is 11.6 Å². The van der Waals surface area contributed by atoms with Gasteiger partial charge in [-0.1, -0.05) is 29.8 Å². The molecule has 0 bridgehead atoms. The highest BCUT2D eigenvalue weighted by molar-refractivity contribution is 6.31. The summed E-state index contributed by atoms with van der Waals surface area (Å²) in [6.45, 7) is 8.32. The van der Waals surface area contributed by atoms with Crippen LogP contribution in [0.5, 0.6) is 0 Å². The summed E-state index contributed by atoms with van der Waals surface area (Å²) >= 11 is 6.18. The molecule has 21 heavy (non-hydrogen) atoms. The van der Waals surface area contributed by atoms with Crippen molar-refractivity contribution < 1.29 is 0 Å². The van der Waals surface area contributed by atoms with Crippen molar-refractivity contribution in [1.82, 2.24) is 15.1 Å². The summed E-state index contributed by atoms with van der Waals surface area (Å²) < 4.78 is 1.95. The molecular weight excluding hydrogens is 282 g/mol. The van der Waals surface area contributed by atoms with Gasteiger partial charge in [-0.2, -0.15) is 5.10 Å². The number of aryl methyl sites for hydroxylation is 1. The molecule has 0 aliphatic carbocycles. The van der Waals surface area contributed by atoms with Gasteiger partial charge in [0.2, 0.25) is 0 Å². The van der Waals surface area contributed by atoms with Crippen LogP contribution < -0.4 is 5.32 Å². The van der Waals surface area contributed by atoms with Crippen LogP contribution in [0.3, 0.4) is 0 Å². The number of rotatable bonds is 6. The molecule has 0 aliphatic rings. The lowest BCUT2D eigenvalue weighted by Gasteiger charge is -2.20. The highest BCUT2D eigenvalue weighted by atomic mass is 35.5. The van der Waals surface area contributed by atoms with Crippen molar-refractivity contribution in [3.05, 3.63) is 52.8 Å². The number of nitrogens with zero attached hydrogens (tertiary/aromatic N) is 2. The summed E-state index contributed by atoms with van der Waals surface area (Å²) in [7, 11) is 0. The maximum Gasteiger partial charge on any atom is 0.0673 e. The Hall–Kier alpha value is -1.32. The zero-order valence-electron chi connectivity index (χ0n) is 13.1. The molecule has 0 fully saturated rings. The predicted octanol–water partition coefficient (Wildman–Crippen LogP) is 3.91. The van der Waals surface area contributed by atoms with Gasteiger partial charge < -0.3 is 5.32 Å². The second kappa shape index (κ2) is 7.10. The third-order valence-electron chi connectivity index (χ3n) is 3.27. The van der Waals surface area contributed by atoms with Crippen molar-refractivity contribution in [1.29, 1.82) is 0 Å². The number of halogens is 1. The van der Waals surface area contributed by atoms with E-state index in [9.17, 15) is 0 Å². The molecule has 2 rings (SSSR count). The molecule has 0 saturated heterocycles. The highest BCUT2D eigenvalue weighted by Gasteiger charge is 2.08. The van der Waals surface area contributed by atoms with Crippen molar-refractivity contribution in [2.24, 2.45) is 0 Å². The summed E-state index contributed by atoms with van der Waals surface area (Å²) in [5, 5.41) is 8.71. The van der Waals surface area contributed by atoms with Gasteiger partial charge in [0.25, 0.3) is 0 Å². The molecule has 0 atom stereocenters. The van der Waals surface area contributed by atoms with Crippen molar-refractivity contribution in [3.63, 3.8) is 0 Å². The monoisotopic (exact) mass is 305 g/mol. The van der Waals surface area contributed by atoms with Crippen LogP contribution in [0.15, 0.2) is 36.7 Å². The Morgan fingerprint density at radius 1 is 1.24 bits per heavy atom. The molecule has 0 unspecified atom stereocenters. The van der Waals surface area contributed by atoms with Crippen LogP contribution in [0.1, 0.15) is 38.3 Å². The maximum atomic E-state index is 6.18. The lowest BCUT2D eigenvalue weighted by Crippen LogP contribution is -2.36. The standard InChI is InChI=1S/C17H24ClN3/c1-17(2,3)19-10-6-7-14-11-20-21(12-14)13-15-8-4-5-9-16(15)18/h4-5,8-9,11-12,19H,6-7,10,13H2,1-3H3. The first-order valence-corrected chi connectivity index (χ1v) is 7.81. The summed E-state index contributed by atoms with van der Waals surface area (Å²) in [4.78, 5) is 0. The Labute approximate surface area is 132 Å². The molecule has 0 amide bonds. The molecule has 1 aromatic heterocycles. The number of aromatic nitrogens is 2. The lowest BCUT2D eigenvalue weighted by atomic mass is 10.1. The second-order valence-electron chi connectivity index (χ2n) is 6.42. The molecule has 0 aliphatic heterocycles. The molecule has 1 heterocycles. The quantitative estimate of drug-likeness (QED) is 0.820. The zero-order valence-corrected chi connectivity index (χ0v) is 13.8. The third kappa shape index (κ3) is 5.52. The highest BCUT2D eigenvalue weighted by Crippen LogP contribution is 2.16. The van der Waals surface area contributed by atoms with Crippen LogP contribution in [-0.2, 0) is 13.0 Å². The zero-order chi connectivity index (χ0) is 15.3. The largest absolute Gasteiger partial charge is 0.312 e. The first-order valence-electron chi connectivity index (χ1n) is 7.44. The van der Waals surface area contributed by atoms with Crippen LogP contribution in [-0.4, -0.2) is 21.9 Å². The van der Waals surface area contributed by atoms with Gasteiger partial charge in [-0.3, -0.25) is 4.68 Å². The van der Waals surface area contributed by atoms with Gasteiger partial charge in [0.05, 0.1) is 12.7 Å². The first-order chi connectivity index (χ1) is 9.94. The number of hydrogen-bond acceptors (Lipinski definition) is 2. The number of hydrogen-bond donors (Lipinski definition) is 1. The SMILES string of the molecule is CC(C)(C)NCCCc1cnn(Cc2ccccc2Cl)c1. The molecule has 1 aromatic carbocycles. The normalized spacial score (nSPS) is 11.8. The van der Waals surface area contributed by atoms with E-state index in [1.807, 2.05) is 35.1 Å². The number of nitrogens with one attached hydrogen (secondary N) is 1. The minimum absolute atomic E-state index is 0.189. The van der Waals surface area contributed by atoms with Crippen LogP contribution in [0.25, 0.3) is 0 Å². The Kier molecular flexibility index (Phi) is 5.43. The molecule has 0 spiro atoms. The molecule has 0 radical (unpaired) electrons. The van der Waals surface area contributed by atoms with Crippen molar-refractivity contribution >= 4 is 11.6 Å². The fourth-order valence-corrected chi connectivity index (χ4v) is 2.37. The van der Waals surface area contributed by atoms with E-state index in [1.165, 1.54) is 5.56 Å². The van der Waals surface area contributed by atoms with Gasteiger partial charge in [-0.25, -0.2) is 0 Å². The lowest BCUT2D eigenvalue weighted by molar-refractivity contribution is 0.422. The number of benzene rings is 1. The predicted molar refractivity (Wildman–Crippen MR) is 88.9 cm³/mol. The van der Waals surface area contributed by atoms with Gasteiger partial charge in [0, 0.05) is 16.8 Å². The minimum Gasteiger partial charge on any atom is -0.312 e. The average Bonchev–Trinajstić information content (AvgIpc) is 2.84. The Balaban J connectivity index is 1.83. The molecule has 1 N–H and O–H groups in total. The summed E-state index contributed by atoms with van der Waals surface area (Å²) in [6, 6.07) is 7.91. The topological polar surface area (TPSA) is 29.9 Å². The fraction of sp³-hybridized carbons (Fsp3) is 0.471. The van der Waals surface area contributed by atoms with Crippen LogP contribution >= 0.6 is 11.6 Å². The van der Waals surface area contributed by atoms with Crippen molar-refractivity contribution in [2.45, 2.75) is 45.7 Å². The van der Waals surface area contributed by atoms with E-state index in [2.05, 4.69) is 37.4 Å². The fourth-order valence-electron chi connectivity index (χ4n) is 2.18. The van der Waals surface area contributed by atoms with E-state index in [-0.39, 0.29) is 5.54 Å². The van der Waals surface area contributed by atoms with E-state index in [0.717, 1.165) is 36.5 Å². The van der Waals surface area contributed by atoms with Crippen LogP contribution in [0.2, 0.25) is 5.02 Å². The Morgan fingerprint density at radius 3 is 2.71 bits per heavy atom. The molecule has 114 valence electrons. The molecule has 4 heteroatoms. The van der Waals surface area contributed by atoms with Crippen molar-refractivity contribution in [2.75, 3.05) is 6.54 Å². The van der Waals surface area contributed by atoms with Gasteiger partial charge >= 0.3 is 0 Å². The smallest absolute Gasteiger partial charge is 0.0673 e. The molecule has 3 nitrogen and oxygen atoms in total. The molecule has 0 saturated carbocycles. The summed E-state index contributed by atoms with van der Waals surface area (Å²) in [5.41, 5.74) is 2.56. The van der Waals surface area contributed by atoms with Crippen LogP contribution in [0.4, 0.5) is 0 Å². The van der Waals surface area contributed by atoms with E-state index < -0.39 is 0 Å². The van der Waals surface area contributed by atoms with Gasteiger partial charge in [-0.05, 0) is 57.4 Å². The van der Waals surface area contributed by atoms with Crippen LogP contribution in [0, 0.1) is 0 Å². The van der Waals surface area contributed by atoms with E-state index in [0.29, 0.717) is 0 Å². The summed E-state index contributed by atoms with van der Waals surface area (Å²) in [5.74, 6) is 0. The van der Waals surface area contributed by atoms with Gasteiger partial charge in [0.15, 0.2) is 0 Å². The summed E-state index contributed by atoms with van der Waals surface area (Å²) in [6.07, 6.45) is 6.23. The van der Waals surface area contributed by atoms with E-state index >= 15 is 0 Å². The van der Waals surface area contributed by atoms with Crippen molar-refractivity contribution in [3.8, 4) is 0 Å². The maximum absolute atomic E-state index is 6.18. The molecular formula is C17H24ClN3. The van der Waals surface area contributed by atoms with Gasteiger partial charge in [-0.15, -0.1) is 0 Å². The minimum atomic E-state index is 0.189. The van der Waals surface area contributed by atoms with E-state index in [1.54, 1.807) is 0 Å². The van der Waals surface area contributed by atoms with Gasteiger partial charge in [0.1, 0.15) is 0 Å². The second-order valence-corrected chi connectivity index (χ2v) is 6.83. The first kappa shape index (κ1) is 16.1. The third-order valence-corrected chi connectivity index (χ3v) is 3.64. The Bertz CT molecular complexity index is 569. The average molecular weight is 306 g/mol.